The van der Waals surface area contributed by atoms with Crippen molar-refractivity contribution in [2.75, 3.05) is 28.4 Å². The monoisotopic (exact) mass is 760 g/mol. The zero-order chi connectivity index (χ0) is 39.2. The van der Waals surface area contributed by atoms with E-state index in [1.54, 1.807) is 28.4 Å². The van der Waals surface area contributed by atoms with E-state index in [9.17, 15) is 0 Å². The van der Waals surface area contributed by atoms with Crippen molar-refractivity contribution in [1.82, 2.24) is 0 Å². The first kappa shape index (κ1) is 37.1. The molecule has 0 spiro atoms. The van der Waals surface area contributed by atoms with Crippen LogP contribution in [0.3, 0.4) is 0 Å². The maximum atomic E-state index is 5.68. The molecule has 0 radical (unpaired) electrons. The second-order valence-corrected chi connectivity index (χ2v) is 17.8. The minimum Gasteiger partial charge on any atom is -0.497 e. The smallest absolute Gasteiger partial charge is 0.179 e. The number of ether oxygens (including phenoxy) is 4. The van der Waals surface area contributed by atoms with Crippen molar-refractivity contribution in [3.8, 4) is 67.5 Å². The Hall–Kier alpha value is -6.82. The van der Waals surface area contributed by atoms with E-state index in [0.717, 1.165) is 67.5 Å². The zero-order valence-electron chi connectivity index (χ0n) is 32.6. The average molecular weight is 761 g/mol. The van der Waals surface area contributed by atoms with Crippen LogP contribution in [-0.2, 0) is 0 Å². The summed E-state index contributed by atoms with van der Waals surface area (Å²) in [6.45, 7) is 0. The summed E-state index contributed by atoms with van der Waals surface area (Å²) in [5, 5.41) is 5.04. The summed E-state index contributed by atoms with van der Waals surface area (Å²) in [4.78, 5) is 0. The Morgan fingerprint density at radius 2 is 0.439 bits per heavy atom. The van der Waals surface area contributed by atoms with Crippen molar-refractivity contribution >= 4 is 28.8 Å². The fraction of sp³-hybridized carbons (Fsp3) is 0.0769. The highest BCUT2D eigenvalue weighted by molar-refractivity contribution is 7.20. The second kappa shape index (κ2) is 16.5. The van der Waals surface area contributed by atoms with Crippen LogP contribution in [-0.4, -0.2) is 36.5 Å². The van der Waals surface area contributed by atoms with Crippen LogP contribution in [0.15, 0.2) is 194 Å². The van der Waals surface area contributed by atoms with Gasteiger partial charge in [0, 0.05) is 0 Å². The third kappa shape index (κ3) is 7.45. The van der Waals surface area contributed by atoms with E-state index in [1.165, 1.54) is 20.7 Å². The van der Waals surface area contributed by atoms with Crippen LogP contribution >= 0.6 is 0 Å². The van der Waals surface area contributed by atoms with Crippen LogP contribution in [0.4, 0.5) is 0 Å². The zero-order valence-corrected chi connectivity index (χ0v) is 33.6. The summed E-state index contributed by atoms with van der Waals surface area (Å²) >= 11 is 0. The van der Waals surface area contributed by atoms with Gasteiger partial charge in [0.2, 0.25) is 0 Å². The van der Waals surface area contributed by atoms with Gasteiger partial charge >= 0.3 is 0 Å². The number of methoxy groups -OCH3 is 4. The molecule has 8 aromatic carbocycles. The number of hydrogen-bond acceptors (Lipinski definition) is 4. The lowest BCUT2D eigenvalue weighted by atomic mass is 10.1. The van der Waals surface area contributed by atoms with Gasteiger partial charge in [-0.3, -0.25) is 0 Å². The molecule has 0 aromatic heterocycles. The first-order valence-electron chi connectivity index (χ1n) is 19.0. The molecular formula is C52H44O4Si. The molecule has 0 amide bonds. The predicted octanol–water partition coefficient (Wildman–Crippen LogP) is 9.77. The van der Waals surface area contributed by atoms with E-state index in [0.29, 0.717) is 0 Å². The summed E-state index contributed by atoms with van der Waals surface area (Å²) in [7, 11) is 3.69. The summed E-state index contributed by atoms with van der Waals surface area (Å²) in [5.41, 5.74) is 8.89. The Bertz CT molecular complexity index is 2300. The molecule has 5 heteroatoms. The molecule has 0 aliphatic heterocycles. The van der Waals surface area contributed by atoms with Crippen molar-refractivity contribution in [3.63, 3.8) is 0 Å². The molecule has 280 valence electrons. The summed E-state index contributed by atoms with van der Waals surface area (Å²) in [5.74, 6) is 3.29. The van der Waals surface area contributed by atoms with Gasteiger partial charge in [0.1, 0.15) is 23.0 Å². The van der Waals surface area contributed by atoms with Gasteiger partial charge in [-0.1, -0.05) is 146 Å². The van der Waals surface area contributed by atoms with Gasteiger partial charge in [-0.05, 0) is 114 Å². The Balaban J connectivity index is 1.46. The van der Waals surface area contributed by atoms with Gasteiger partial charge < -0.3 is 18.9 Å². The normalized spacial score (nSPS) is 11.2. The number of benzene rings is 8. The molecule has 8 aromatic rings. The molecule has 0 bridgehead atoms. The lowest BCUT2D eigenvalue weighted by Gasteiger charge is -2.35. The molecule has 0 unspecified atom stereocenters. The van der Waals surface area contributed by atoms with E-state index in [1.807, 2.05) is 24.3 Å². The lowest BCUT2D eigenvalue weighted by Crippen LogP contribution is -2.74. The third-order valence-corrected chi connectivity index (χ3v) is 15.5. The van der Waals surface area contributed by atoms with Crippen LogP contribution < -0.4 is 39.7 Å². The third-order valence-electron chi connectivity index (χ3n) is 10.8. The highest BCUT2D eigenvalue weighted by atomic mass is 28.3. The van der Waals surface area contributed by atoms with Crippen molar-refractivity contribution in [1.29, 1.82) is 0 Å². The lowest BCUT2D eigenvalue weighted by molar-refractivity contribution is 0.415. The first-order valence-corrected chi connectivity index (χ1v) is 21.0. The first-order chi connectivity index (χ1) is 28.0. The van der Waals surface area contributed by atoms with Crippen LogP contribution in [0.2, 0.25) is 0 Å². The SMILES string of the molecule is COc1cccc(-c2cccc([Si](c3cccc(-c4cccc(OC)c4)c3)(c3cccc(-c4cccc(OC)c4)c3)c3cccc(-c4cccc(OC)c4)c3)c2)c1. The average Bonchev–Trinajstić information content (AvgIpc) is 3.30. The Kier molecular flexibility index (Phi) is 10.7. The van der Waals surface area contributed by atoms with Crippen molar-refractivity contribution in [2.45, 2.75) is 0 Å². The minimum absolute atomic E-state index is 0.824. The second-order valence-electron chi connectivity index (χ2n) is 14.0. The minimum atomic E-state index is -3.17. The maximum absolute atomic E-state index is 5.68. The Morgan fingerprint density at radius 1 is 0.246 bits per heavy atom. The van der Waals surface area contributed by atoms with E-state index < -0.39 is 8.07 Å². The van der Waals surface area contributed by atoms with Crippen molar-refractivity contribution in [2.24, 2.45) is 0 Å². The van der Waals surface area contributed by atoms with Crippen LogP contribution in [0.25, 0.3) is 44.5 Å². The number of hydrogen-bond donors (Lipinski definition) is 0. The quantitative estimate of drug-likeness (QED) is 0.0919. The highest BCUT2D eigenvalue weighted by Gasteiger charge is 2.42. The predicted molar refractivity (Wildman–Crippen MR) is 238 cm³/mol. The van der Waals surface area contributed by atoms with Gasteiger partial charge in [0.05, 0.1) is 28.4 Å². The summed E-state index contributed by atoms with van der Waals surface area (Å²) < 4.78 is 22.7. The Morgan fingerprint density at radius 3 is 0.649 bits per heavy atom. The van der Waals surface area contributed by atoms with Crippen LogP contribution in [0.5, 0.6) is 23.0 Å². The molecule has 0 heterocycles. The molecule has 8 rings (SSSR count). The molecule has 0 aliphatic carbocycles. The Labute approximate surface area is 336 Å². The molecule has 57 heavy (non-hydrogen) atoms. The highest BCUT2D eigenvalue weighted by Crippen LogP contribution is 2.29. The van der Waals surface area contributed by atoms with Gasteiger partial charge in [0.25, 0.3) is 0 Å². The fourth-order valence-corrected chi connectivity index (χ4v) is 12.8. The van der Waals surface area contributed by atoms with Gasteiger partial charge in [0.15, 0.2) is 8.07 Å². The van der Waals surface area contributed by atoms with E-state index in [2.05, 4.69) is 170 Å². The molecule has 0 atom stereocenters. The molecule has 0 fully saturated rings. The standard InChI is InChI=1S/C52H44O4Si/c1-53-45-21-5-13-37(29-45)41-17-9-25-49(33-41)57(50-26-10-18-42(34-50)38-14-6-22-46(30-38)54-2,51-27-11-19-43(35-51)39-15-7-23-47(31-39)55-3)52-28-12-20-44(36-52)40-16-8-24-48(32-40)56-4/h5-36H,1-4H3. The molecule has 0 saturated heterocycles. The van der Waals surface area contributed by atoms with Crippen LogP contribution in [0.1, 0.15) is 0 Å². The van der Waals surface area contributed by atoms with Gasteiger partial charge in [-0.25, -0.2) is 0 Å². The van der Waals surface area contributed by atoms with E-state index >= 15 is 0 Å². The maximum Gasteiger partial charge on any atom is 0.179 e. The summed E-state index contributed by atoms with van der Waals surface area (Å²) in [6.07, 6.45) is 0. The topological polar surface area (TPSA) is 36.9 Å². The van der Waals surface area contributed by atoms with Crippen LogP contribution in [0, 0.1) is 0 Å². The molecular weight excluding hydrogens is 717 g/mol. The van der Waals surface area contributed by atoms with Gasteiger partial charge in [-0.2, -0.15) is 0 Å². The molecule has 0 aliphatic rings. The number of rotatable bonds is 12. The van der Waals surface area contributed by atoms with Crippen molar-refractivity contribution < 1.29 is 18.9 Å². The molecule has 0 N–H and O–H groups in total. The molecule has 0 saturated carbocycles. The summed E-state index contributed by atoms with van der Waals surface area (Å²) in [6, 6.07) is 69.7. The van der Waals surface area contributed by atoms with Crippen molar-refractivity contribution in [3.05, 3.63) is 194 Å². The van der Waals surface area contributed by atoms with Gasteiger partial charge in [-0.15, -0.1) is 0 Å². The van der Waals surface area contributed by atoms with E-state index in [-0.39, 0.29) is 0 Å². The molecule has 4 nitrogen and oxygen atoms in total. The fourth-order valence-electron chi connectivity index (χ4n) is 7.94. The van der Waals surface area contributed by atoms with E-state index in [4.69, 9.17) is 18.9 Å². The largest absolute Gasteiger partial charge is 0.497 e.